The molecule has 0 unspecified atom stereocenters. The van der Waals surface area contributed by atoms with Gasteiger partial charge in [0.25, 0.3) is 5.56 Å². The van der Waals surface area contributed by atoms with Gasteiger partial charge in [-0.25, -0.2) is 9.78 Å². The Morgan fingerprint density at radius 3 is 2.73 bits per heavy atom. The van der Waals surface area contributed by atoms with Crippen LogP contribution < -0.4 is 5.56 Å². The van der Waals surface area contributed by atoms with Gasteiger partial charge in [-0.05, 0) is 12.0 Å². The Bertz CT molecular complexity index is 883. The Labute approximate surface area is 130 Å². The minimum absolute atomic E-state index is 0.306. The first-order valence-electron chi connectivity index (χ1n) is 6.90. The molecule has 0 saturated heterocycles. The van der Waals surface area contributed by atoms with Crippen molar-refractivity contribution in [3.8, 4) is 11.1 Å². The van der Waals surface area contributed by atoms with Gasteiger partial charge >= 0.3 is 5.97 Å². The predicted octanol–water partition coefficient (Wildman–Crippen LogP) is 3.16. The smallest absolute Gasteiger partial charge is 0.326 e. The van der Waals surface area contributed by atoms with Crippen LogP contribution in [0.25, 0.3) is 21.3 Å². The summed E-state index contributed by atoms with van der Waals surface area (Å²) in [4.78, 5) is 29.0. The fourth-order valence-corrected chi connectivity index (χ4v) is 3.39. The lowest BCUT2D eigenvalue weighted by molar-refractivity contribution is -0.141. The van der Waals surface area contributed by atoms with Gasteiger partial charge in [0.05, 0.1) is 11.7 Å². The van der Waals surface area contributed by atoms with Gasteiger partial charge in [-0.2, -0.15) is 0 Å². The van der Waals surface area contributed by atoms with Crippen LogP contribution in [0.3, 0.4) is 0 Å². The molecule has 22 heavy (non-hydrogen) atoms. The second-order valence-electron chi connectivity index (χ2n) is 4.91. The zero-order valence-electron chi connectivity index (χ0n) is 11.9. The van der Waals surface area contributed by atoms with Gasteiger partial charge in [0.1, 0.15) is 10.9 Å². The molecule has 0 aliphatic carbocycles. The van der Waals surface area contributed by atoms with Gasteiger partial charge in [-0.1, -0.05) is 37.3 Å². The quantitative estimate of drug-likeness (QED) is 0.803. The van der Waals surface area contributed by atoms with Crippen molar-refractivity contribution in [3.63, 3.8) is 0 Å². The lowest BCUT2D eigenvalue weighted by Crippen LogP contribution is -2.29. The monoisotopic (exact) mass is 314 g/mol. The average Bonchev–Trinajstić information content (AvgIpc) is 2.95. The Kier molecular flexibility index (Phi) is 3.77. The molecule has 1 atom stereocenters. The molecule has 3 rings (SSSR count). The number of nitrogens with zero attached hydrogens (tertiary/aromatic N) is 2. The van der Waals surface area contributed by atoms with Crippen LogP contribution in [-0.4, -0.2) is 20.6 Å². The van der Waals surface area contributed by atoms with Crippen molar-refractivity contribution in [1.29, 1.82) is 0 Å². The predicted molar refractivity (Wildman–Crippen MR) is 86.3 cm³/mol. The van der Waals surface area contributed by atoms with Crippen LogP contribution in [0.4, 0.5) is 0 Å². The number of rotatable bonds is 4. The molecule has 2 aromatic heterocycles. The van der Waals surface area contributed by atoms with E-state index in [2.05, 4.69) is 4.98 Å². The summed E-state index contributed by atoms with van der Waals surface area (Å²) in [7, 11) is 0. The number of thiophene rings is 1. The lowest BCUT2D eigenvalue weighted by atomic mass is 10.1. The number of carboxylic acids is 1. The van der Waals surface area contributed by atoms with E-state index in [0.29, 0.717) is 16.6 Å². The molecule has 0 aliphatic rings. The Balaban J connectivity index is 2.27. The fourth-order valence-electron chi connectivity index (χ4n) is 2.49. The van der Waals surface area contributed by atoms with E-state index in [-0.39, 0.29) is 5.56 Å². The van der Waals surface area contributed by atoms with Gasteiger partial charge in [0.2, 0.25) is 0 Å². The molecule has 0 aliphatic heterocycles. The molecule has 0 fully saturated rings. The molecule has 112 valence electrons. The molecular formula is C16H14N2O3S. The summed E-state index contributed by atoms with van der Waals surface area (Å²) >= 11 is 1.39. The largest absolute Gasteiger partial charge is 0.480 e. The van der Waals surface area contributed by atoms with Crippen LogP contribution >= 0.6 is 11.3 Å². The SMILES string of the molecule is CC[C@@H](C(=O)O)n1cnc2scc(-c3ccccc3)c2c1=O. The minimum Gasteiger partial charge on any atom is -0.480 e. The molecule has 0 bridgehead atoms. The first-order chi connectivity index (χ1) is 10.6. The van der Waals surface area contributed by atoms with Crippen molar-refractivity contribution >= 4 is 27.5 Å². The van der Waals surface area contributed by atoms with Crippen LogP contribution in [0.15, 0.2) is 46.8 Å². The third kappa shape index (κ3) is 2.31. The first-order valence-corrected chi connectivity index (χ1v) is 7.78. The van der Waals surface area contributed by atoms with Crippen molar-refractivity contribution < 1.29 is 9.90 Å². The Hall–Kier alpha value is -2.47. The molecule has 6 heteroatoms. The van der Waals surface area contributed by atoms with E-state index in [0.717, 1.165) is 11.1 Å². The minimum atomic E-state index is -1.03. The van der Waals surface area contributed by atoms with E-state index in [1.807, 2.05) is 35.7 Å². The van der Waals surface area contributed by atoms with E-state index < -0.39 is 12.0 Å². The molecule has 0 saturated carbocycles. The molecule has 3 aromatic rings. The number of carbonyl (C=O) groups is 1. The average molecular weight is 314 g/mol. The summed E-state index contributed by atoms with van der Waals surface area (Å²) in [6.45, 7) is 1.74. The Morgan fingerprint density at radius 1 is 1.36 bits per heavy atom. The number of benzene rings is 1. The second kappa shape index (κ2) is 5.73. The maximum absolute atomic E-state index is 12.8. The number of hydrogen-bond acceptors (Lipinski definition) is 4. The van der Waals surface area contributed by atoms with Crippen LogP contribution in [0.1, 0.15) is 19.4 Å². The topological polar surface area (TPSA) is 72.2 Å². The molecule has 0 radical (unpaired) electrons. The maximum Gasteiger partial charge on any atom is 0.326 e. The van der Waals surface area contributed by atoms with E-state index in [1.165, 1.54) is 22.2 Å². The molecule has 0 spiro atoms. The summed E-state index contributed by atoms with van der Waals surface area (Å²) in [6.07, 6.45) is 1.66. The Morgan fingerprint density at radius 2 is 2.09 bits per heavy atom. The first kappa shape index (κ1) is 14.5. The summed E-state index contributed by atoms with van der Waals surface area (Å²) in [5, 5.41) is 11.6. The third-order valence-corrected chi connectivity index (χ3v) is 4.50. The highest BCUT2D eigenvalue weighted by molar-refractivity contribution is 7.17. The summed E-state index contributed by atoms with van der Waals surface area (Å²) in [6, 6.07) is 8.67. The van der Waals surface area contributed by atoms with E-state index >= 15 is 0 Å². The van der Waals surface area contributed by atoms with E-state index in [4.69, 9.17) is 0 Å². The van der Waals surface area contributed by atoms with Crippen molar-refractivity contribution in [2.45, 2.75) is 19.4 Å². The van der Waals surface area contributed by atoms with Crippen molar-refractivity contribution in [1.82, 2.24) is 9.55 Å². The van der Waals surface area contributed by atoms with E-state index in [9.17, 15) is 14.7 Å². The highest BCUT2D eigenvalue weighted by Gasteiger charge is 2.21. The van der Waals surface area contributed by atoms with Gasteiger partial charge in [-0.3, -0.25) is 9.36 Å². The molecule has 0 amide bonds. The zero-order chi connectivity index (χ0) is 15.7. The van der Waals surface area contributed by atoms with Crippen LogP contribution in [-0.2, 0) is 4.79 Å². The molecule has 1 N–H and O–H groups in total. The molecular weight excluding hydrogens is 300 g/mol. The standard InChI is InChI=1S/C16H14N2O3S/c1-2-12(16(20)21)18-9-17-14-13(15(18)19)11(8-22-14)10-6-4-3-5-7-10/h3-9,12H,2H2,1H3,(H,20,21)/t12-/m0/s1. The second-order valence-corrected chi connectivity index (χ2v) is 5.77. The number of carboxylic acid groups (broad SMARTS) is 1. The van der Waals surface area contributed by atoms with Gasteiger partial charge < -0.3 is 5.11 Å². The number of aliphatic carboxylic acids is 1. The zero-order valence-corrected chi connectivity index (χ0v) is 12.7. The fraction of sp³-hybridized carbons (Fsp3) is 0.188. The highest BCUT2D eigenvalue weighted by Crippen LogP contribution is 2.30. The van der Waals surface area contributed by atoms with Crippen molar-refractivity contribution in [3.05, 3.63) is 52.4 Å². The summed E-state index contributed by atoms with van der Waals surface area (Å²) in [5.74, 6) is -1.03. The number of fused-ring (bicyclic) bond motifs is 1. The molecule has 2 heterocycles. The van der Waals surface area contributed by atoms with Gasteiger partial charge in [0, 0.05) is 10.9 Å². The maximum atomic E-state index is 12.8. The van der Waals surface area contributed by atoms with Crippen molar-refractivity contribution in [2.75, 3.05) is 0 Å². The van der Waals surface area contributed by atoms with Crippen LogP contribution in [0, 0.1) is 0 Å². The van der Waals surface area contributed by atoms with E-state index in [1.54, 1.807) is 6.92 Å². The lowest BCUT2D eigenvalue weighted by Gasteiger charge is -2.13. The highest BCUT2D eigenvalue weighted by atomic mass is 32.1. The van der Waals surface area contributed by atoms with Crippen LogP contribution in [0.2, 0.25) is 0 Å². The number of aromatic nitrogens is 2. The number of hydrogen-bond donors (Lipinski definition) is 1. The summed E-state index contributed by atoms with van der Waals surface area (Å²) < 4.78 is 1.21. The molecule has 5 nitrogen and oxygen atoms in total. The normalized spacial score (nSPS) is 12.4. The summed E-state index contributed by atoms with van der Waals surface area (Å²) in [5.41, 5.74) is 1.42. The van der Waals surface area contributed by atoms with Gasteiger partial charge in [-0.15, -0.1) is 11.3 Å². The van der Waals surface area contributed by atoms with Crippen molar-refractivity contribution in [2.24, 2.45) is 0 Å². The molecule has 1 aromatic carbocycles. The van der Waals surface area contributed by atoms with Crippen LogP contribution in [0.5, 0.6) is 0 Å². The third-order valence-electron chi connectivity index (χ3n) is 3.61. The van der Waals surface area contributed by atoms with Gasteiger partial charge in [0.15, 0.2) is 0 Å².